The molecular weight excluding hydrogens is 644 g/mol. The van der Waals surface area contributed by atoms with Gasteiger partial charge >= 0.3 is 5.97 Å². The van der Waals surface area contributed by atoms with Crippen LogP contribution in [0, 0.1) is 16.7 Å². The number of carbonyl (C=O) groups excluding carboxylic acids is 4. The van der Waals surface area contributed by atoms with E-state index >= 15 is 0 Å². The molecule has 2 aliphatic heterocycles. The molecule has 2 aromatic rings. The molecule has 8 atom stereocenters. The summed E-state index contributed by atoms with van der Waals surface area (Å²) in [4.78, 5) is 53.3. The lowest BCUT2D eigenvalue weighted by Crippen LogP contribution is -2.86. The number of hydrogen-bond acceptors (Lipinski definition) is 11. The zero-order valence-corrected chi connectivity index (χ0v) is 29.7. The van der Waals surface area contributed by atoms with E-state index in [1.165, 1.54) is 24.8 Å². The predicted octanol–water partition coefficient (Wildman–Crippen LogP) is 3.41. The monoisotopic (exact) mass is 692 g/mol. The van der Waals surface area contributed by atoms with Crippen molar-refractivity contribution in [3.05, 3.63) is 59.9 Å². The Hall–Kier alpha value is -3.78. The van der Waals surface area contributed by atoms with Crippen molar-refractivity contribution in [2.24, 2.45) is 16.7 Å². The minimum absolute atomic E-state index is 0.0259. The van der Waals surface area contributed by atoms with Gasteiger partial charge in [-0.1, -0.05) is 44.2 Å². The van der Waals surface area contributed by atoms with Crippen molar-refractivity contribution < 1.29 is 43.6 Å². The number of nitrogens with zero attached hydrogens (tertiary/aromatic N) is 4. The molecule has 0 bridgehead atoms. The van der Waals surface area contributed by atoms with Crippen LogP contribution in [0.4, 0.5) is 0 Å². The molecule has 2 amide bonds. The average molecular weight is 693 g/mol. The van der Waals surface area contributed by atoms with Crippen molar-refractivity contribution in [1.82, 2.24) is 19.9 Å². The molecule has 50 heavy (non-hydrogen) atoms. The van der Waals surface area contributed by atoms with Gasteiger partial charge in [0.2, 0.25) is 0 Å². The van der Waals surface area contributed by atoms with Crippen molar-refractivity contribution in [2.75, 3.05) is 6.54 Å². The number of aromatic nitrogens is 3. The van der Waals surface area contributed by atoms with Gasteiger partial charge in [-0.2, -0.15) is 0 Å². The summed E-state index contributed by atoms with van der Waals surface area (Å²) in [5.41, 5.74) is -5.80. The van der Waals surface area contributed by atoms with Crippen LogP contribution in [-0.4, -0.2) is 95.3 Å². The minimum atomic E-state index is -2.22. The smallest absolute Gasteiger partial charge is 0.303 e. The van der Waals surface area contributed by atoms with E-state index in [1.807, 2.05) is 13.8 Å². The Bertz CT molecular complexity index is 1690. The lowest BCUT2D eigenvalue weighted by molar-refractivity contribution is -0.373. The van der Waals surface area contributed by atoms with Crippen molar-refractivity contribution in [3.8, 4) is 0 Å². The number of Topliss-reactive ketones (excluding diaryl/α,β-unsaturated/α-hetero) is 1. The van der Waals surface area contributed by atoms with Crippen LogP contribution in [0.15, 0.2) is 43.1 Å². The topological polar surface area (TPSA) is 170 Å². The Kier molecular flexibility index (Phi) is 8.98. The Balaban J connectivity index is 1.18. The number of ether oxygens (including phenoxy) is 3. The maximum absolute atomic E-state index is 14.3. The highest BCUT2D eigenvalue weighted by atomic mass is 16.6. The van der Waals surface area contributed by atoms with Crippen LogP contribution in [0.25, 0.3) is 0 Å². The van der Waals surface area contributed by atoms with Crippen molar-refractivity contribution in [3.63, 3.8) is 0 Å². The predicted molar refractivity (Wildman–Crippen MR) is 178 cm³/mol. The quantitative estimate of drug-likeness (QED) is 0.162. The summed E-state index contributed by atoms with van der Waals surface area (Å²) in [7, 11) is 0. The number of aliphatic hydroxyl groups excluding tert-OH is 1. The molecule has 3 fully saturated rings. The Morgan fingerprint density at radius 2 is 1.72 bits per heavy atom. The summed E-state index contributed by atoms with van der Waals surface area (Å²) in [5.74, 6) is -2.45. The van der Waals surface area contributed by atoms with Crippen molar-refractivity contribution >= 4 is 23.6 Å². The highest BCUT2D eigenvalue weighted by Gasteiger charge is 2.81. The molecule has 2 N–H and O–H groups in total. The first-order chi connectivity index (χ1) is 23.4. The molecular formula is C37H48N4O9. The normalized spacial score (nSPS) is 36.1. The Morgan fingerprint density at radius 3 is 2.34 bits per heavy atom. The van der Waals surface area contributed by atoms with Crippen LogP contribution in [-0.2, 0) is 37.0 Å². The second kappa shape index (κ2) is 12.5. The van der Waals surface area contributed by atoms with Crippen LogP contribution in [0.2, 0.25) is 0 Å². The number of fused-ring (bicyclic) bond motifs is 4. The first-order valence-corrected chi connectivity index (χ1v) is 17.3. The molecule has 3 heterocycles. The van der Waals surface area contributed by atoms with Gasteiger partial charge in [-0.25, -0.2) is 0 Å². The Morgan fingerprint density at radius 1 is 1.08 bits per heavy atom. The molecule has 270 valence electrons. The molecule has 1 aromatic carbocycles. The molecule has 13 heteroatoms. The van der Waals surface area contributed by atoms with Crippen LogP contribution < -0.4 is 0 Å². The van der Waals surface area contributed by atoms with Crippen molar-refractivity contribution in [2.45, 2.75) is 122 Å². The van der Waals surface area contributed by atoms with E-state index in [2.05, 4.69) is 16.9 Å². The number of benzene rings is 1. The maximum Gasteiger partial charge on any atom is 0.303 e. The van der Waals surface area contributed by atoms with Crippen LogP contribution in [0.1, 0.15) is 100 Å². The highest BCUT2D eigenvalue weighted by molar-refractivity contribution is 6.21. The fourth-order valence-corrected chi connectivity index (χ4v) is 9.58. The van der Waals surface area contributed by atoms with E-state index in [9.17, 15) is 29.4 Å². The summed E-state index contributed by atoms with van der Waals surface area (Å²) < 4.78 is 20.5. The molecule has 13 nitrogen and oxygen atoms in total. The third kappa shape index (κ3) is 5.35. The van der Waals surface area contributed by atoms with Gasteiger partial charge in [-0.15, -0.1) is 11.7 Å². The van der Waals surface area contributed by atoms with E-state index in [4.69, 9.17) is 14.2 Å². The molecule has 0 radical (unpaired) electrons. The number of carbonyl (C=O) groups is 4. The fourth-order valence-electron chi connectivity index (χ4n) is 9.58. The third-order valence-electron chi connectivity index (χ3n) is 11.9. The van der Waals surface area contributed by atoms with Gasteiger partial charge < -0.3 is 24.4 Å². The molecule has 1 aromatic heterocycles. The van der Waals surface area contributed by atoms with E-state index in [0.717, 1.165) is 0 Å². The van der Waals surface area contributed by atoms with Gasteiger partial charge in [0.05, 0.1) is 41.7 Å². The van der Waals surface area contributed by atoms with Gasteiger partial charge in [0.1, 0.15) is 11.3 Å². The lowest BCUT2D eigenvalue weighted by atomic mass is 9.39. The zero-order valence-electron chi connectivity index (χ0n) is 29.7. The molecule has 1 saturated heterocycles. The van der Waals surface area contributed by atoms with Crippen LogP contribution in [0.5, 0.6) is 0 Å². The number of hydrogen-bond donors (Lipinski definition) is 2. The fraction of sp³-hybridized carbons (Fsp3) is 0.622. The first-order valence-electron chi connectivity index (χ1n) is 17.3. The van der Waals surface area contributed by atoms with Crippen LogP contribution in [0.3, 0.4) is 0 Å². The molecule has 2 aliphatic carbocycles. The second-order valence-corrected chi connectivity index (χ2v) is 15.6. The van der Waals surface area contributed by atoms with Gasteiger partial charge in [0.15, 0.2) is 17.5 Å². The number of aryl methyl sites for hydroxylation is 1. The summed E-state index contributed by atoms with van der Waals surface area (Å²) in [6, 6.07) is 6.82. The maximum atomic E-state index is 14.3. The third-order valence-corrected chi connectivity index (χ3v) is 11.9. The molecule has 6 rings (SSSR count). The molecule has 4 aliphatic rings. The number of imide groups is 1. The number of aliphatic hydroxyl groups is 2. The standard InChI is InChI=1S/C37H48N4O9/c1-8-34(5)19-26(43)37(47)35(6)27(15-16-33(3,4)29(35)28(44)30(49-22(2)42)36(37,7)50-34)48-21-23-20-40(39-38-23)17-11-12-18-41-31(45)24-13-9-10-14-25(24)32(41)46/h8-10,13-14,20,27-30,44,47H,1,11-12,15-19,21H2,2-7H3/t27-,28-,29-,30-,34-,35-,36+,37-/m0/s1. The highest BCUT2D eigenvalue weighted by Crippen LogP contribution is 2.67. The molecule has 0 unspecified atom stereocenters. The van der Waals surface area contributed by atoms with Crippen LogP contribution >= 0.6 is 0 Å². The lowest BCUT2D eigenvalue weighted by Gasteiger charge is -2.71. The average Bonchev–Trinajstić information content (AvgIpc) is 3.60. The van der Waals surface area contributed by atoms with Gasteiger partial charge in [-0.3, -0.25) is 28.8 Å². The zero-order chi connectivity index (χ0) is 36.4. The van der Waals surface area contributed by atoms with E-state index in [-0.39, 0.29) is 24.8 Å². The molecule has 0 spiro atoms. The first kappa shape index (κ1) is 36.0. The van der Waals surface area contributed by atoms with Gasteiger partial charge in [0.25, 0.3) is 11.8 Å². The largest absolute Gasteiger partial charge is 0.457 e. The second-order valence-electron chi connectivity index (χ2n) is 15.6. The van der Waals surface area contributed by atoms with Gasteiger partial charge in [0, 0.05) is 37.8 Å². The van der Waals surface area contributed by atoms with Crippen molar-refractivity contribution in [1.29, 1.82) is 0 Å². The number of rotatable bonds is 10. The summed E-state index contributed by atoms with van der Waals surface area (Å²) in [5, 5.41) is 33.5. The number of ketones is 1. The number of esters is 1. The SMILES string of the molecule is C=C[C@@]1(C)CC(=O)[C@]2(O)[C@@]3(C)[C@@H](OCc4cn(CCCCN5C(=O)c6ccccc6C5=O)nn4)CCC(C)(C)[C@@H]3[C@H](O)[C@H](OC(C)=O)[C@@]2(C)O1. The summed E-state index contributed by atoms with van der Waals surface area (Å²) >= 11 is 0. The summed E-state index contributed by atoms with van der Waals surface area (Å²) in [6.07, 6.45) is 2.04. The van der Waals surface area contributed by atoms with E-state index in [1.54, 1.807) is 49.0 Å². The molecule has 2 saturated carbocycles. The van der Waals surface area contributed by atoms with Gasteiger partial charge in [-0.05, 0) is 57.1 Å². The minimum Gasteiger partial charge on any atom is -0.457 e. The Labute approximate surface area is 291 Å². The number of unbranched alkanes of at least 4 members (excludes halogenated alkanes) is 1. The summed E-state index contributed by atoms with van der Waals surface area (Å²) in [6.45, 7) is 14.8. The van der Waals surface area contributed by atoms with E-state index < -0.39 is 63.6 Å². The van der Waals surface area contributed by atoms with E-state index in [0.29, 0.717) is 55.6 Å². The number of amides is 2.